The highest BCUT2D eigenvalue weighted by molar-refractivity contribution is 5.84. The fraction of sp³-hybridized carbons (Fsp3) is 0.167. The van der Waals surface area contributed by atoms with Crippen molar-refractivity contribution in [3.05, 3.63) is 68.4 Å². The van der Waals surface area contributed by atoms with Crippen LogP contribution in [0.1, 0.15) is 29.9 Å². The van der Waals surface area contributed by atoms with Gasteiger partial charge in [-0.25, -0.2) is 14.8 Å². The van der Waals surface area contributed by atoms with E-state index >= 15 is 0 Å². The Bertz CT molecular complexity index is 1260. The molecule has 10 nitrogen and oxygen atoms in total. The predicted octanol–water partition coefficient (Wildman–Crippen LogP) is 0.101. The quantitative estimate of drug-likeness (QED) is 0.654. The fourth-order valence-corrected chi connectivity index (χ4v) is 2.65. The van der Waals surface area contributed by atoms with Crippen LogP contribution in [0.4, 0.5) is 0 Å². The number of rotatable bonds is 4. The first-order valence-corrected chi connectivity index (χ1v) is 8.12. The van der Waals surface area contributed by atoms with Gasteiger partial charge in [-0.1, -0.05) is 6.07 Å². The number of nitrogens with one attached hydrogen (secondary N) is 2. The Morgan fingerprint density at radius 2 is 1.96 bits per heavy atom. The number of hydrogen-bond donors (Lipinski definition) is 2. The Balaban J connectivity index is 1.87. The van der Waals surface area contributed by atoms with E-state index in [4.69, 9.17) is 5.26 Å². The first-order valence-electron chi connectivity index (χ1n) is 8.12. The second kappa shape index (κ2) is 7.51. The molecule has 28 heavy (non-hydrogen) atoms. The van der Waals surface area contributed by atoms with Crippen molar-refractivity contribution in [3.63, 3.8) is 0 Å². The van der Waals surface area contributed by atoms with Gasteiger partial charge in [-0.15, -0.1) is 0 Å². The van der Waals surface area contributed by atoms with Crippen LogP contribution in [0.5, 0.6) is 0 Å². The zero-order valence-corrected chi connectivity index (χ0v) is 14.6. The molecule has 2 N–H and O–H groups in total. The topological polar surface area (TPSA) is 157 Å². The second-order valence-corrected chi connectivity index (χ2v) is 5.89. The highest BCUT2D eigenvalue weighted by Gasteiger charge is 2.16. The van der Waals surface area contributed by atoms with Gasteiger partial charge >= 0.3 is 5.69 Å². The molecule has 1 aromatic carbocycles. The van der Waals surface area contributed by atoms with Crippen LogP contribution in [0.15, 0.2) is 40.2 Å². The van der Waals surface area contributed by atoms with Crippen LogP contribution in [0, 0.1) is 22.7 Å². The summed E-state index contributed by atoms with van der Waals surface area (Å²) in [5, 5.41) is 20.6. The second-order valence-electron chi connectivity index (χ2n) is 5.89. The van der Waals surface area contributed by atoms with Crippen molar-refractivity contribution in [3.8, 4) is 12.1 Å². The Labute approximate surface area is 157 Å². The Morgan fingerprint density at radius 3 is 2.61 bits per heavy atom. The van der Waals surface area contributed by atoms with E-state index in [1.807, 2.05) is 12.1 Å². The van der Waals surface area contributed by atoms with Crippen molar-refractivity contribution in [1.82, 2.24) is 24.8 Å². The molecular weight excluding hydrogens is 362 g/mol. The van der Waals surface area contributed by atoms with E-state index in [9.17, 15) is 19.6 Å². The summed E-state index contributed by atoms with van der Waals surface area (Å²) >= 11 is 0. The average Bonchev–Trinajstić information content (AvgIpc) is 2.70. The first kappa shape index (κ1) is 18.5. The summed E-state index contributed by atoms with van der Waals surface area (Å²) in [4.78, 5) is 47.6. The van der Waals surface area contributed by atoms with Crippen molar-refractivity contribution >= 4 is 16.8 Å². The molecule has 3 aromatic rings. The van der Waals surface area contributed by atoms with Gasteiger partial charge < -0.3 is 10.3 Å². The highest BCUT2D eigenvalue weighted by atomic mass is 16.2. The lowest BCUT2D eigenvalue weighted by molar-refractivity contribution is -0.122. The standard InChI is InChI=1S/C18H13N7O3/c1-10(16-21-7-11(5-19)8-22-16)23-14(26)9-25-17(27)15-12(6-20)3-2-4-13(15)24-18(25)28/h2-4,7-8,10H,9H2,1H3,(H,23,26)(H,24,28)/t10-/m1/s1. The minimum absolute atomic E-state index is 0.0425. The summed E-state index contributed by atoms with van der Waals surface area (Å²) in [6.45, 7) is 1.09. The van der Waals surface area contributed by atoms with Gasteiger partial charge in [-0.2, -0.15) is 10.5 Å². The number of carbonyl (C=O) groups is 1. The lowest BCUT2D eigenvalue weighted by Gasteiger charge is -2.13. The van der Waals surface area contributed by atoms with Crippen LogP contribution in [-0.2, 0) is 11.3 Å². The lowest BCUT2D eigenvalue weighted by Crippen LogP contribution is -2.41. The zero-order valence-electron chi connectivity index (χ0n) is 14.6. The van der Waals surface area contributed by atoms with Gasteiger partial charge in [-0.05, 0) is 19.1 Å². The Hall–Kier alpha value is -4.31. The maximum absolute atomic E-state index is 12.6. The molecule has 2 heterocycles. The largest absolute Gasteiger partial charge is 0.345 e. The summed E-state index contributed by atoms with van der Waals surface area (Å²) in [5.74, 6) is -0.333. The molecular formula is C18H13N7O3. The SMILES string of the molecule is C[C@@H](NC(=O)Cn1c(=O)[nH]c2cccc(C#N)c2c1=O)c1ncc(C#N)cn1. The van der Waals surface area contributed by atoms with Crippen molar-refractivity contribution < 1.29 is 4.79 Å². The van der Waals surface area contributed by atoms with Crippen LogP contribution in [0.3, 0.4) is 0 Å². The maximum atomic E-state index is 12.6. The number of fused-ring (bicyclic) bond motifs is 1. The van der Waals surface area contributed by atoms with Crippen molar-refractivity contribution in [2.75, 3.05) is 0 Å². The van der Waals surface area contributed by atoms with Gasteiger partial charge in [-0.3, -0.25) is 14.2 Å². The van der Waals surface area contributed by atoms with Gasteiger partial charge in [0.25, 0.3) is 5.56 Å². The Morgan fingerprint density at radius 1 is 1.25 bits per heavy atom. The molecule has 10 heteroatoms. The first-order chi connectivity index (χ1) is 13.4. The minimum Gasteiger partial charge on any atom is -0.345 e. The normalized spacial score (nSPS) is 11.4. The van der Waals surface area contributed by atoms with Crippen LogP contribution < -0.4 is 16.6 Å². The summed E-state index contributed by atoms with van der Waals surface area (Å²) in [6.07, 6.45) is 2.65. The molecule has 0 unspecified atom stereocenters. The third-order valence-electron chi connectivity index (χ3n) is 4.00. The van der Waals surface area contributed by atoms with E-state index < -0.39 is 29.7 Å². The average molecular weight is 375 g/mol. The van der Waals surface area contributed by atoms with E-state index in [0.29, 0.717) is 0 Å². The van der Waals surface area contributed by atoms with Crippen LogP contribution in [0.25, 0.3) is 10.9 Å². The number of amides is 1. The molecule has 0 bridgehead atoms. The zero-order chi connectivity index (χ0) is 20.3. The summed E-state index contributed by atoms with van der Waals surface area (Å²) in [6, 6.07) is 7.69. The molecule has 1 atom stereocenters. The number of hydrogen-bond acceptors (Lipinski definition) is 7. The summed E-state index contributed by atoms with van der Waals surface area (Å²) < 4.78 is 0.727. The third kappa shape index (κ3) is 3.48. The molecule has 0 fully saturated rings. The number of H-pyrrole nitrogens is 1. The van der Waals surface area contributed by atoms with E-state index in [2.05, 4.69) is 20.3 Å². The maximum Gasteiger partial charge on any atom is 0.329 e. The smallest absolute Gasteiger partial charge is 0.329 e. The van der Waals surface area contributed by atoms with Gasteiger partial charge in [0.05, 0.1) is 28.1 Å². The van der Waals surface area contributed by atoms with Gasteiger partial charge in [0.15, 0.2) is 0 Å². The molecule has 0 spiro atoms. The number of aromatic nitrogens is 4. The number of nitrogens with zero attached hydrogens (tertiary/aromatic N) is 5. The van der Waals surface area contributed by atoms with E-state index in [0.717, 1.165) is 4.57 Å². The molecule has 2 aromatic heterocycles. The van der Waals surface area contributed by atoms with Crippen molar-refractivity contribution in [2.24, 2.45) is 0 Å². The molecule has 3 rings (SSSR count). The monoisotopic (exact) mass is 375 g/mol. The third-order valence-corrected chi connectivity index (χ3v) is 4.00. The van der Waals surface area contributed by atoms with Gasteiger partial charge in [0, 0.05) is 12.4 Å². The summed E-state index contributed by atoms with van der Waals surface area (Å²) in [7, 11) is 0. The molecule has 0 aliphatic heterocycles. The molecule has 0 saturated heterocycles. The van der Waals surface area contributed by atoms with E-state index in [1.165, 1.54) is 24.5 Å². The van der Waals surface area contributed by atoms with Crippen LogP contribution in [-0.4, -0.2) is 25.4 Å². The molecule has 0 radical (unpaired) electrons. The summed E-state index contributed by atoms with van der Waals surface area (Å²) in [5.41, 5.74) is -0.875. The fourth-order valence-electron chi connectivity index (χ4n) is 2.65. The number of aromatic amines is 1. The molecule has 0 saturated carbocycles. The Kier molecular flexibility index (Phi) is 4.96. The number of nitriles is 2. The molecule has 1 amide bonds. The molecule has 0 aliphatic carbocycles. The van der Waals surface area contributed by atoms with E-state index in [-0.39, 0.29) is 27.9 Å². The minimum atomic E-state index is -0.759. The molecule has 0 aliphatic rings. The van der Waals surface area contributed by atoms with Gasteiger partial charge in [0.2, 0.25) is 5.91 Å². The number of carbonyl (C=O) groups excluding carboxylic acids is 1. The van der Waals surface area contributed by atoms with Crippen LogP contribution in [0.2, 0.25) is 0 Å². The predicted molar refractivity (Wildman–Crippen MR) is 96.8 cm³/mol. The van der Waals surface area contributed by atoms with Gasteiger partial charge in [0.1, 0.15) is 24.5 Å². The van der Waals surface area contributed by atoms with Crippen LogP contribution >= 0.6 is 0 Å². The van der Waals surface area contributed by atoms with E-state index in [1.54, 1.807) is 13.0 Å². The van der Waals surface area contributed by atoms with Crippen molar-refractivity contribution in [2.45, 2.75) is 19.5 Å². The molecule has 138 valence electrons. The lowest BCUT2D eigenvalue weighted by atomic mass is 10.1. The number of benzene rings is 1. The highest BCUT2D eigenvalue weighted by Crippen LogP contribution is 2.10. The van der Waals surface area contributed by atoms with Crippen molar-refractivity contribution in [1.29, 1.82) is 10.5 Å².